The minimum atomic E-state index is -0.246. The lowest BCUT2D eigenvalue weighted by Crippen LogP contribution is -2.30. The highest BCUT2D eigenvalue weighted by Crippen LogP contribution is 2.25. The van der Waals surface area contributed by atoms with Crippen LogP contribution in [0.25, 0.3) is 10.9 Å². The molecule has 146 valence electrons. The van der Waals surface area contributed by atoms with Crippen molar-refractivity contribution in [2.24, 2.45) is 0 Å². The smallest absolute Gasteiger partial charge is 0.222 e. The molecule has 0 aliphatic heterocycles. The molecular formula is C22H18ClN3O2S. The minimum Gasteiger partial charge on any atom is -0.345 e. The van der Waals surface area contributed by atoms with Crippen LogP contribution in [0.4, 0.5) is 0 Å². The Morgan fingerprint density at radius 1 is 1.10 bits per heavy atom. The first kappa shape index (κ1) is 19.4. The van der Waals surface area contributed by atoms with Gasteiger partial charge >= 0.3 is 0 Å². The molecule has 5 nitrogen and oxygen atoms in total. The summed E-state index contributed by atoms with van der Waals surface area (Å²) < 4.78 is 1.69. The summed E-state index contributed by atoms with van der Waals surface area (Å²) in [5, 5.41) is 12.6. The zero-order valence-electron chi connectivity index (χ0n) is 15.4. The molecule has 4 aromatic rings. The maximum atomic E-state index is 12.7. The number of hydrogen-bond acceptors (Lipinski definition) is 4. The van der Waals surface area contributed by atoms with Gasteiger partial charge in [-0.2, -0.15) is 16.4 Å². The van der Waals surface area contributed by atoms with Crippen LogP contribution in [0, 0.1) is 0 Å². The summed E-state index contributed by atoms with van der Waals surface area (Å²) in [5.41, 5.74) is 2.59. The van der Waals surface area contributed by atoms with Crippen molar-refractivity contribution in [3.05, 3.63) is 97.9 Å². The van der Waals surface area contributed by atoms with Crippen LogP contribution in [-0.2, 0) is 11.3 Å². The molecule has 0 spiro atoms. The van der Waals surface area contributed by atoms with Gasteiger partial charge in [0.1, 0.15) is 0 Å². The average Bonchev–Trinajstić information content (AvgIpc) is 3.27. The van der Waals surface area contributed by atoms with Crippen molar-refractivity contribution in [1.82, 2.24) is 15.1 Å². The van der Waals surface area contributed by atoms with Gasteiger partial charge in [0.25, 0.3) is 0 Å². The molecule has 1 amide bonds. The maximum Gasteiger partial charge on any atom is 0.222 e. The molecule has 2 aromatic carbocycles. The van der Waals surface area contributed by atoms with E-state index in [-0.39, 0.29) is 23.8 Å². The van der Waals surface area contributed by atoms with Crippen LogP contribution in [0.3, 0.4) is 0 Å². The van der Waals surface area contributed by atoms with Gasteiger partial charge in [-0.3, -0.25) is 14.3 Å². The number of carbonyl (C=O) groups is 1. The Balaban J connectivity index is 1.51. The number of aryl methyl sites for hydroxylation is 1. The fourth-order valence-corrected chi connectivity index (χ4v) is 4.05. The molecule has 0 fully saturated rings. The number of carbonyl (C=O) groups excluding carboxylic acids is 1. The second kappa shape index (κ2) is 8.59. The van der Waals surface area contributed by atoms with Crippen LogP contribution < -0.4 is 10.7 Å². The zero-order valence-corrected chi connectivity index (χ0v) is 17.0. The van der Waals surface area contributed by atoms with Crippen molar-refractivity contribution < 1.29 is 4.79 Å². The Morgan fingerprint density at radius 3 is 2.66 bits per heavy atom. The second-order valence-corrected chi connectivity index (χ2v) is 7.82. The molecule has 29 heavy (non-hydrogen) atoms. The number of rotatable bonds is 6. The molecule has 2 aromatic heterocycles. The van der Waals surface area contributed by atoms with E-state index < -0.39 is 0 Å². The van der Waals surface area contributed by atoms with Crippen molar-refractivity contribution in [1.29, 1.82) is 0 Å². The van der Waals surface area contributed by atoms with E-state index >= 15 is 0 Å². The number of para-hydroxylation sites is 1. The first-order valence-electron chi connectivity index (χ1n) is 9.13. The predicted molar refractivity (Wildman–Crippen MR) is 116 cm³/mol. The molecule has 1 N–H and O–H groups in total. The third-order valence-electron chi connectivity index (χ3n) is 4.70. The normalized spacial score (nSPS) is 12.0. The summed E-state index contributed by atoms with van der Waals surface area (Å²) >= 11 is 7.59. The van der Waals surface area contributed by atoms with Crippen LogP contribution in [0.2, 0.25) is 5.02 Å². The summed E-state index contributed by atoms with van der Waals surface area (Å²) in [6.45, 7) is 0.379. The number of nitrogens with one attached hydrogen (secondary N) is 1. The number of benzene rings is 2. The number of fused-ring (bicyclic) bond motifs is 1. The summed E-state index contributed by atoms with van der Waals surface area (Å²) in [7, 11) is 0. The Hall–Kier alpha value is -2.96. The van der Waals surface area contributed by atoms with Crippen molar-refractivity contribution in [2.75, 3.05) is 0 Å². The lowest BCUT2D eigenvalue weighted by atomic mass is 10.0. The van der Waals surface area contributed by atoms with Crippen LogP contribution in [0.1, 0.15) is 23.6 Å². The quantitative estimate of drug-likeness (QED) is 0.499. The lowest BCUT2D eigenvalue weighted by Gasteiger charge is -2.19. The Labute approximate surface area is 176 Å². The van der Waals surface area contributed by atoms with Gasteiger partial charge in [0.2, 0.25) is 11.3 Å². The first-order chi connectivity index (χ1) is 14.1. The molecule has 1 unspecified atom stereocenters. The van der Waals surface area contributed by atoms with Gasteiger partial charge < -0.3 is 5.32 Å². The molecule has 7 heteroatoms. The lowest BCUT2D eigenvalue weighted by molar-refractivity contribution is -0.121. The summed E-state index contributed by atoms with van der Waals surface area (Å²) in [4.78, 5) is 24.7. The highest BCUT2D eigenvalue weighted by molar-refractivity contribution is 7.08. The number of amides is 1. The molecular weight excluding hydrogens is 406 g/mol. The van der Waals surface area contributed by atoms with Crippen LogP contribution in [0.5, 0.6) is 0 Å². The Morgan fingerprint density at radius 2 is 1.90 bits per heavy atom. The predicted octanol–water partition coefficient (Wildman–Crippen LogP) is 4.41. The number of aromatic nitrogens is 2. The fourth-order valence-electron chi connectivity index (χ4n) is 3.23. The molecule has 1 atom stereocenters. The SMILES string of the molecule is O=C(CCn1ncc(=O)c2ccccc21)NC(c1ccc(Cl)cc1)c1ccsc1. The third-order valence-corrected chi connectivity index (χ3v) is 5.65. The summed E-state index contributed by atoms with van der Waals surface area (Å²) in [6, 6.07) is 16.5. The van der Waals surface area contributed by atoms with Gasteiger partial charge in [-0.05, 0) is 52.2 Å². The number of thiophene rings is 1. The second-order valence-electron chi connectivity index (χ2n) is 6.61. The topological polar surface area (TPSA) is 64.0 Å². The summed E-state index contributed by atoms with van der Waals surface area (Å²) in [6.07, 6.45) is 1.54. The molecule has 0 radical (unpaired) electrons. The van der Waals surface area contributed by atoms with E-state index in [9.17, 15) is 9.59 Å². The molecule has 0 aliphatic carbocycles. The van der Waals surface area contributed by atoms with Gasteiger partial charge in [0.05, 0.1) is 24.3 Å². The van der Waals surface area contributed by atoms with E-state index in [1.54, 1.807) is 22.1 Å². The van der Waals surface area contributed by atoms with E-state index in [2.05, 4.69) is 10.4 Å². The van der Waals surface area contributed by atoms with E-state index in [1.807, 2.05) is 59.3 Å². The molecule has 0 bridgehead atoms. The third kappa shape index (κ3) is 4.39. The number of hydrogen-bond donors (Lipinski definition) is 1. The molecule has 0 saturated carbocycles. The van der Waals surface area contributed by atoms with Crippen molar-refractivity contribution in [2.45, 2.75) is 19.0 Å². The molecule has 0 saturated heterocycles. The first-order valence-corrected chi connectivity index (χ1v) is 10.5. The highest BCUT2D eigenvalue weighted by atomic mass is 35.5. The van der Waals surface area contributed by atoms with Crippen LogP contribution >= 0.6 is 22.9 Å². The standard InChI is InChI=1S/C22H18ClN3O2S/c23-17-7-5-15(6-8-17)22(16-10-12-29-14-16)25-21(28)9-11-26-19-4-2-1-3-18(19)20(27)13-24-26/h1-8,10,12-14,22H,9,11H2,(H,25,28). The van der Waals surface area contributed by atoms with Gasteiger partial charge in [-0.1, -0.05) is 35.9 Å². The van der Waals surface area contributed by atoms with Crippen molar-refractivity contribution in [3.8, 4) is 0 Å². The van der Waals surface area contributed by atoms with E-state index in [0.717, 1.165) is 16.6 Å². The highest BCUT2D eigenvalue weighted by Gasteiger charge is 2.17. The van der Waals surface area contributed by atoms with Gasteiger partial charge in [0.15, 0.2) is 0 Å². The van der Waals surface area contributed by atoms with Crippen molar-refractivity contribution >= 4 is 39.7 Å². The number of halogens is 1. The number of nitrogens with zero attached hydrogens (tertiary/aromatic N) is 2. The monoisotopic (exact) mass is 423 g/mol. The van der Waals surface area contributed by atoms with E-state index in [0.29, 0.717) is 17.0 Å². The zero-order chi connectivity index (χ0) is 20.2. The largest absolute Gasteiger partial charge is 0.345 e. The van der Waals surface area contributed by atoms with Gasteiger partial charge in [0, 0.05) is 16.8 Å². The van der Waals surface area contributed by atoms with Gasteiger partial charge in [-0.25, -0.2) is 0 Å². The van der Waals surface area contributed by atoms with Crippen molar-refractivity contribution in [3.63, 3.8) is 0 Å². The Kier molecular flexibility index (Phi) is 5.74. The summed E-state index contributed by atoms with van der Waals surface area (Å²) in [5.74, 6) is -0.0965. The maximum absolute atomic E-state index is 12.7. The minimum absolute atomic E-state index is 0.0965. The molecule has 2 heterocycles. The van der Waals surface area contributed by atoms with E-state index in [1.165, 1.54) is 6.20 Å². The van der Waals surface area contributed by atoms with E-state index in [4.69, 9.17) is 11.6 Å². The van der Waals surface area contributed by atoms with Crippen LogP contribution in [0.15, 0.2) is 76.3 Å². The van der Waals surface area contributed by atoms with Crippen LogP contribution in [-0.4, -0.2) is 15.7 Å². The van der Waals surface area contributed by atoms with Gasteiger partial charge in [-0.15, -0.1) is 0 Å². The molecule has 4 rings (SSSR count). The Bertz CT molecular complexity index is 1190. The molecule has 0 aliphatic rings. The average molecular weight is 424 g/mol. The fraction of sp³-hybridized carbons (Fsp3) is 0.136.